The zero-order valence-electron chi connectivity index (χ0n) is 10.7. The van der Waals surface area contributed by atoms with Crippen LogP contribution in [-0.2, 0) is 0 Å². The van der Waals surface area contributed by atoms with E-state index in [4.69, 9.17) is 20.1 Å². The third-order valence-electron chi connectivity index (χ3n) is 2.52. The van der Waals surface area contributed by atoms with Crippen LogP contribution in [0.1, 0.15) is 25.2 Å². The molecular formula is C13H17N3O3. The van der Waals surface area contributed by atoms with Crippen LogP contribution >= 0.6 is 0 Å². The summed E-state index contributed by atoms with van der Waals surface area (Å²) in [6.45, 7) is 2.48. The Kier molecular flexibility index (Phi) is 4.48. The highest BCUT2D eigenvalue weighted by Gasteiger charge is 2.14. The highest BCUT2D eigenvalue weighted by atomic mass is 16.5. The van der Waals surface area contributed by atoms with E-state index < -0.39 is 6.04 Å². The fraction of sp³-hybridized carbons (Fsp3) is 0.385. The lowest BCUT2D eigenvalue weighted by atomic mass is 10.2. The minimum atomic E-state index is -0.628. The van der Waals surface area contributed by atoms with Crippen molar-refractivity contribution in [1.82, 2.24) is 10.1 Å². The molecule has 2 rings (SSSR count). The quantitative estimate of drug-likeness (QED) is 0.820. The molecule has 0 saturated heterocycles. The van der Waals surface area contributed by atoms with E-state index in [2.05, 4.69) is 10.1 Å². The van der Waals surface area contributed by atoms with Crippen molar-refractivity contribution in [3.05, 3.63) is 30.1 Å². The molecule has 0 fully saturated rings. The third-order valence-corrected chi connectivity index (χ3v) is 2.52. The number of ether oxygens (including phenoxy) is 1. The van der Waals surface area contributed by atoms with Crippen molar-refractivity contribution < 1.29 is 14.4 Å². The highest BCUT2D eigenvalue weighted by molar-refractivity contribution is 5.55. The van der Waals surface area contributed by atoms with E-state index in [0.717, 1.165) is 17.7 Å². The van der Waals surface area contributed by atoms with Crippen molar-refractivity contribution in [2.75, 3.05) is 13.2 Å². The maximum Gasteiger partial charge on any atom is 0.258 e. The summed E-state index contributed by atoms with van der Waals surface area (Å²) in [5, 5.41) is 12.7. The molecule has 19 heavy (non-hydrogen) atoms. The van der Waals surface area contributed by atoms with Gasteiger partial charge in [-0.25, -0.2) is 0 Å². The third kappa shape index (κ3) is 3.30. The summed E-state index contributed by atoms with van der Waals surface area (Å²) >= 11 is 0. The van der Waals surface area contributed by atoms with Crippen LogP contribution in [0.4, 0.5) is 0 Å². The second-order valence-corrected chi connectivity index (χ2v) is 4.12. The van der Waals surface area contributed by atoms with Gasteiger partial charge in [0.25, 0.3) is 5.89 Å². The summed E-state index contributed by atoms with van der Waals surface area (Å²) in [4.78, 5) is 4.15. The summed E-state index contributed by atoms with van der Waals surface area (Å²) in [7, 11) is 0. The Balaban J connectivity index is 2.19. The summed E-state index contributed by atoms with van der Waals surface area (Å²) in [5.74, 6) is 1.41. The van der Waals surface area contributed by atoms with Gasteiger partial charge < -0.3 is 20.1 Å². The summed E-state index contributed by atoms with van der Waals surface area (Å²) in [6, 6.07) is 6.78. The van der Waals surface area contributed by atoms with E-state index in [9.17, 15) is 0 Å². The van der Waals surface area contributed by atoms with Gasteiger partial charge >= 0.3 is 0 Å². The van der Waals surface area contributed by atoms with E-state index in [1.54, 1.807) is 0 Å². The molecule has 1 atom stereocenters. The molecule has 0 amide bonds. The predicted octanol–water partition coefficient (Wildman–Crippen LogP) is 1.52. The largest absolute Gasteiger partial charge is 0.494 e. The van der Waals surface area contributed by atoms with Gasteiger partial charge in [0.05, 0.1) is 19.3 Å². The van der Waals surface area contributed by atoms with Gasteiger partial charge in [0, 0.05) is 5.56 Å². The molecule has 0 aliphatic carbocycles. The predicted molar refractivity (Wildman–Crippen MR) is 69.5 cm³/mol. The second-order valence-electron chi connectivity index (χ2n) is 4.12. The number of nitrogens with zero attached hydrogens (tertiary/aromatic N) is 2. The number of rotatable bonds is 6. The van der Waals surface area contributed by atoms with Crippen molar-refractivity contribution in [1.29, 1.82) is 0 Å². The maximum absolute atomic E-state index is 8.94. The van der Waals surface area contributed by atoms with Crippen LogP contribution in [0.3, 0.4) is 0 Å². The Morgan fingerprint density at radius 1 is 1.47 bits per heavy atom. The smallest absolute Gasteiger partial charge is 0.258 e. The van der Waals surface area contributed by atoms with Gasteiger partial charge in [0.15, 0.2) is 5.82 Å². The van der Waals surface area contributed by atoms with E-state index in [0.29, 0.717) is 12.5 Å². The van der Waals surface area contributed by atoms with E-state index in [-0.39, 0.29) is 12.4 Å². The topological polar surface area (TPSA) is 94.4 Å². The van der Waals surface area contributed by atoms with Gasteiger partial charge in [0.1, 0.15) is 5.75 Å². The van der Waals surface area contributed by atoms with Crippen LogP contribution in [0.15, 0.2) is 28.8 Å². The molecule has 0 aliphatic heterocycles. The molecule has 0 bridgehead atoms. The Labute approximate surface area is 111 Å². The molecule has 0 saturated carbocycles. The van der Waals surface area contributed by atoms with Gasteiger partial charge in [-0.1, -0.05) is 18.1 Å². The van der Waals surface area contributed by atoms with Gasteiger partial charge in [-0.2, -0.15) is 4.98 Å². The lowest BCUT2D eigenvalue weighted by Gasteiger charge is -2.04. The van der Waals surface area contributed by atoms with Gasteiger partial charge in [-0.3, -0.25) is 0 Å². The maximum atomic E-state index is 8.94. The summed E-state index contributed by atoms with van der Waals surface area (Å²) in [6.07, 6.45) is 0.945. The van der Waals surface area contributed by atoms with Gasteiger partial charge in [-0.15, -0.1) is 0 Å². The normalized spacial score (nSPS) is 12.4. The molecule has 0 radical (unpaired) electrons. The fourth-order valence-electron chi connectivity index (χ4n) is 1.52. The van der Waals surface area contributed by atoms with Crippen LogP contribution in [0.5, 0.6) is 5.75 Å². The van der Waals surface area contributed by atoms with E-state index in [1.807, 2.05) is 31.2 Å². The molecule has 1 unspecified atom stereocenters. The standard InChI is InChI=1S/C13H17N3O3/c1-2-6-18-10-5-3-4-9(7-10)13-15-12(16-19-13)11(14)8-17/h3-5,7,11,17H,2,6,8,14H2,1H3. The molecule has 3 N–H and O–H groups in total. The lowest BCUT2D eigenvalue weighted by Crippen LogP contribution is -2.15. The number of aromatic nitrogens is 2. The average molecular weight is 263 g/mol. The van der Waals surface area contributed by atoms with Crippen LogP contribution in [0.25, 0.3) is 11.5 Å². The lowest BCUT2D eigenvalue weighted by molar-refractivity contribution is 0.260. The van der Waals surface area contributed by atoms with Crippen molar-refractivity contribution in [2.45, 2.75) is 19.4 Å². The summed E-state index contributed by atoms with van der Waals surface area (Å²) in [5.41, 5.74) is 6.38. The fourth-order valence-corrected chi connectivity index (χ4v) is 1.52. The SMILES string of the molecule is CCCOc1cccc(-c2nc(C(N)CO)no2)c1. The highest BCUT2D eigenvalue weighted by Crippen LogP contribution is 2.23. The molecule has 6 nitrogen and oxygen atoms in total. The number of benzene rings is 1. The van der Waals surface area contributed by atoms with Crippen LogP contribution in [0, 0.1) is 0 Å². The van der Waals surface area contributed by atoms with Crippen LogP contribution in [0.2, 0.25) is 0 Å². The van der Waals surface area contributed by atoms with Crippen molar-refractivity contribution in [3.63, 3.8) is 0 Å². The monoisotopic (exact) mass is 263 g/mol. The number of hydrogen-bond donors (Lipinski definition) is 2. The molecule has 2 aromatic rings. The molecule has 1 aromatic carbocycles. The Morgan fingerprint density at radius 2 is 2.32 bits per heavy atom. The average Bonchev–Trinajstić information content (AvgIpc) is 2.94. The molecule has 1 aromatic heterocycles. The number of aliphatic hydroxyl groups is 1. The van der Waals surface area contributed by atoms with Crippen LogP contribution in [-0.4, -0.2) is 28.5 Å². The molecule has 0 aliphatic rings. The Bertz CT molecular complexity index is 527. The zero-order chi connectivity index (χ0) is 13.7. The first-order valence-electron chi connectivity index (χ1n) is 6.18. The first-order chi connectivity index (χ1) is 9.24. The molecule has 102 valence electrons. The molecular weight excluding hydrogens is 246 g/mol. The molecule has 1 heterocycles. The first kappa shape index (κ1) is 13.5. The van der Waals surface area contributed by atoms with Crippen molar-refractivity contribution >= 4 is 0 Å². The second kappa shape index (κ2) is 6.31. The van der Waals surface area contributed by atoms with Crippen molar-refractivity contribution in [2.24, 2.45) is 5.73 Å². The molecule has 0 spiro atoms. The van der Waals surface area contributed by atoms with E-state index in [1.165, 1.54) is 0 Å². The minimum absolute atomic E-state index is 0.224. The number of nitrogens with two attached hydrogens (primary N) is 1. The molecule has 6 heteroatoms. The zero-order valence-corrected chi connectivity index (χ0v) is 10.7. The van der Waals surface area contributed by atoms with Crippen LogP contribution < -0.4 is 10.5 Å². The first-order valence-corrected chi connectivity index (χ1v) is 6.18. The van der Waals surface area contributed by atoms with E-state index >= 15 is 0 Å². The van der Waals surface area contributed by atoms with Gasteiger partial charge in [0.2, 0.25) is 0 Å². The summed E-state index contributed by atoms with van der Waals surface area (Å²) < 4.78 is 10.7. The number of hydrogen-bond acceptors (Lipinski definition) is 6. The number of aliphatic hydroxyl groups excluding tert-OH is 1. The van der Waals surface area contributed by atoms with Crippen molar-refractivity contribution in [3.8, 4) is 17.2 Å². The van der Waals surface area contributed by atoms with Gasteiger partial charge in [-0.05, 0) is 24.6 Å². The minimum Gasteiger partial charge on any atom is -0.494 e. The Hall–Kier alpha value is -1.92. The Morgan fingerprint density at radius 3 is 3.05 bits per heavy atom.